The van der Waals surface area contributed by atoms with Gasteiger partial charge in [0.15, 0.2) is 5.82 Å². The Morgan fingerprint density at radius 2 is 2.00 bits per heavy atom. The van der Waals surface area contributed by atoms with E-state index in [-0.39, 0.29) is 23.5 Å². The monoisotopic (exact) mass is 438 g/mol. The van der Waals surface area contributed by atoms with Gasteiger partial charge in [-0.3, -0.25) is 19.4 Å². The fourth-order valence-corrected chi connectivity index (χ4v) is 4.00. The maximum atomic E-state index is 13.9. The molecular weight excluding hydrogens is 411 g/mol. The number of carbonyl (C=O) groups excluding carboxylic acids is 2. The van der Waals surface area contributed by atoms with Crippen LogP contribution in [-0.2, 0) is 16.1 Å². The number of anilines is 1. The smallest absolute Gasteiger partial charge is 0.225 e. The summed E-state index contributed by atoms with van der Waals surface area (Å²) in [5, 5.41) is 13.9. The fourth-order valence-electron chi connectivity index (χ4n) is 4.00. The van der Waals surface area contributed by atoms with Gasteiger partial charge in [-0.05, 0) is 43.9 Å². The molecule has 0 atom stereocenters. The molecule has 0 saturated carbocycles. The molecule has 4 rings (SSSR count). The number of aryl methyl sites for hydroxylation is 2. The van der Waals surface area contributed by atoms with E-state index in [4.69, 9.17) is 0 Å². The first kappa shape index (κ1) is 21.7. The summed E-state index contributed by atoms with van der Waals surface area (Å²) in [6.07, 6.45) is 4.26. The largest absolute Gasteiger partial charge is 0.343 e. The lowest BCUT2D eigenvalue weighted by Gasteiger charge is -2.31. The lowest BCUT2D eigenvalue weighted by Crippen LogP contribution is -2.39. The molecule has 1 saturated heterocycles. The van der Waals surface area contributed by atoms with E-state index in [1.165, 1.54) is 6.07 Å². The lowest BCUT2D eigenvalue weighted by atomic mass is 9.93. The summed E-state index contributed by atoms with van der Waals surface area (Å²) in [6.45, 7) is 3.82. The maximum Gasteiger partial charge on any atom is 0.225 e. The fraction of sp³-hybridized carbons (Fsp3) is 0.391. The van der Waals surface area contributed by atoms with Gasteiger partial charge in [-0.25, -0.2) is 4.39 Å². The molecule has 1 aliphatic heterocycles. The van der Waals surface area contributed by atoms with Crippen LogP contribution in [-0.4, -0.2) is 49.8 Å². The first-order valence-corrected chi connectivity index (χ1v) is 10.9. The zero-order chi connectivity index (χ0) is 22.5. The molecule has 8 nitrogen and oxygen atoms in total. The number of nitrogens with zero attached hydrogens (tertiary/aromatic N) is 4. The van der Waals surface area contributed by atoms with Gasteiger partial charge in [-0.1, -0.05) is 12.1 Å². The van der Waals surface area contributed by atoms with Gasteiger partial charge in [0.25, 0.3) is 0 Å². The number of amides is 2. The van der Waals surface area contributed by atoms with Crippen molar-refractivity contribution in [3.05, 3.63) is 54.1 Å². The number of rotatable bonds is 7. The molecule has 0 radical (unpaired) electrons. The van der Waals surface area contributed by atoms with Crippen molar-refractivity contribution < 1.29 is 14.0 Å². The van der Waals surface area contributed by atoms with Gasteiger partial charge < -0.3 is 10.2 Å². The summed E-state index contributed by atoms with van der Waals surface area (Å²) in [5.74, 6) is 0.233. The number of aromatic nitrogens is 4. The van der Waals surface area contributed by atoms with Gasteiger partial charge in [-0.2, -0.15) is 10.2 Å². The second kappa shape index (κ2) is 9.76. The van der Waals surface area contributed by atoms with Gasteiger partial charge in [0.05, 0.1) is 11.4 Å². The molecule has 1 aliphatic rings. The number of aromatic amines is 1. The number of H-pyrrole nitrogens is 1. The molecule has 3 heterocycles. The molecule has 0 aliphatic carbocycles. The van der Waals surface area contributed by atoms with E-state index >= 15 is 0 Å². The predicted molar refractivity (Wildman–Crippen MR) is 118 cm³/mol. The molecule has 2 N–H and O–H groups in total. The highest BCUT2D eigenvalue weighted by atomic mass is 19.1. The van der Waals surface area contributed by atoms with E-state index < -0.39 is 0 Å². The van der Waals surface area contributed by atoms with E-state index in [1.807, 2.05) is 24.1 Å². The van der Waals surface area contributed by atoms with E-state index in [2.05, 4.69) is 20.6 Å². The third-order valence-electron chi connectivity index (χ3n) is 5.78. The van der Waals surface area contributed by atoms with Crippen molar-refractivity contribution in [2.45, 2.75) is 39.2 Å². The quantitative estimate of drug-likeness (QED) is 0.591. The number of halogens is 1. The third-order valence-corrected chi connectivity index (χ3v) is 5.78. The van der Waals surface area contributed by atoms with Crippen molar-refractivity contribution in [1.82, 2.24) is 24.9 Å². The molecule has 1 aromatic carbocycles. The number of likely N-dealkylation sites (tertiary alicyclic amines) is 1. The van der Waals surface area contributed by atoms with Crippen LogP contribution in [0.5, 0.6) is 0 Å². The Morgan fingerprint density at radius 1 is 1.22 bits per heavy atom. The summed E-state index contributed by atoms with van der Waals surface area (Å²) in [4.78, 5) is 26.8. The van der Waals surface area contributed by atoms with Crippen LogP contribution >= 0.6 is 0 Å². The maximum absolute atomic E-state index is 13.9. The third kappa shape index (κ3) is 5.40. The van der Waals surface area contributed by atoms with Crippen LogP contribution in [0, 0.1) is 18.7 Å². The molecule has 32 heavy (non-hydrogen) atoms. The minimum atomic E-state index is -0.352. The highest BCUT2D eigenvalue weighted by molar-refractivity contribution is 5.90. The number of carbonyl (C=O) groups is 2. The topological polar surface area (TPSA) is 95.9 Å². The van der Waals surface area contributed by atoms with Crippen LogP contribution in [0.3, 0.4) is 0 Å². The van der Waals surface area contributed by atoms with Crippen molar-refractivity contribution in [2.24, 2.45) is 5.92 Å². The normalized spacial score (nSPS) is 14.5. The molecule has 2 amide bonds. The molecule has 3 aromatic rings. The number of hydrogen-bond donors (Lipinski definition) is 2. The van der Waals surface area contributed by atoms with Gasteiger partial charge in [-0.15, -0.1) is 0 Å². The van der Waals surface area contributed by atoms with Crippen molar-refractivity contribution >= 4 is 17.6 Å². The minimum Gasteiger partial charge on any atom is -0.343 e. The van der Waals surface area contributed by atoms with Crippen LogP contribution in [0.15, 0.2) is 42.6 Å². The Kier molecular flexibility index (Phi) is 6.63. The average Bonchev–Trinajstić information content (AvgIpc) is 3.41. The Morgan fingerprint density at radius 3 is 2.72 bits per heavy atom. The lowest BCUT2D eigenvalue weighted by molar-refractivity contribution is -0.132. The summed E-state index contributed by atoms with van der Waals surface area (Å²) in [7, 11) is 0. The molecule has 2 aromatic heterocycles. The standard InChI is InChI=1S/C23H27FN6O2/c1-16-6-12-30(28-16)13-9-23(32)29-10-7-17(8-11-29)14-22(31)25-21-15-20(26-27-21)18-4-2-3-5-19(18)24/h2-6,12,15,17H,7-11,13-14H2,1H3,(H2,25,26,27,31). The zero-order valence-electron chi connectivity index (χ0n) is 18.1. The van der Waals surface area contributed by atoms with Crippen molar-refractivity contribution in [3.63, 3.8) is 0 Å². The van der Waals surface area contributed by atoms with E-state index in [1.54, 1.807) is 28.9 Å². The van der Waals surface area contributed by atoms with Crippen LogP contribution < -0.4 is 5.32 Å². The highest BCUT2D eigenvalue weighted by Crippen LogP contribution is 2.24. The minimum absolute atomic E-state index is 0.123. The van der Waals surface area contributed by atoms with E-state index in [0.717, 1.165) is 18.5 Å². The Hall–Kier alpha value is -3.49. The Bertz CT molecular complexity index is 1080. The van der Waals surface area contributed by atoms with Crippen LogP contribution in [0.4, 0.5) is 10.2 Å². The number of benzene rings is 1. The second-order valence-electron chi connectivity index (χ2n) is 8.19. The van der Waals surface area contributed by atoms with E-state index in [0.29, 0.717) is 49.6 Å². The first-order valence-electron chi connectivity index (χ1n) is 10.9. The van der Waals surface area contributed by atoms with Crippen LogP contribution in [0.1, 0.15) is 31.4 Å². The van der Waals surface area contributed by atoms with Crippen LogP contribution in [0.2, 0.25) is 0 Å². The first-order chi connectivity index (χ1) is 15.5. The summed E-state index contributed by atoms with van der Waals surface area (Å²) in [6, 6.07) is 9.94. The van der Waals surface area contributed by atoms with Crippen LogP contribution in [0.25, 0.3) is 11.3 Å². The molecular formula is C23H27FN6O2. The Balaban J connectivity index is 1.21. The van der Waals surface area contributed by atoms with Gasteiger partial charge >= 0.3 is 0 Å². The summed E-state index contributed by atoms with van der Waals surface area (Å²) >= 11 is 0. The van der Waals surface area contributed by atoms with E-state index in [9.17, 15) is 14.0 Å². The average molecular weight is 439 g/mol. The molecule has 0 bridgehead atoms. The zero-order valence-corrected chi connectivity index (χ0v) is 18.1. The summed E-state index contributed by atoms with van der Waals surface area (Å²) in [5.41, 5.74) is 1.85. The number of piperidine rings is 1. The van der Waals surface area contributed by atoms with Gasteiger partial charge in [0.1, 0.15) is 5.82 Å². The molecule has 1 fully saturated rings. The van der Waals surface area contributed by atoms with Crippen molar-refractivity contribution in [1.29, 1.82) is 0 Å². The molecule has 9 heteroatoms. The summed E-state index contributed by atoms with van der Waals surface area (Å²) < 4.78 is 15.7. The SMILES string of the molecule is Cc1ccn(CCC(=O)N2CCC(CC(=O)Nc3cc(-c4ccccc4F)[nH]n3)CC2)n1. The van der Waals surface area contributed by atoms with Crippen molar-refractivity contribution in [3.8, 4) is 11.3 Å². The highest BCUT2D eigenvalue weighted by Gasteiger charge is 2.24. The molecule has 0 unspecified atom stereocenters. The number of nitrogens with one attached hydrogen (secondary N) is 2. The second-order valence-corrected chi connectivity index (χ2v) is 8.19. The predicted octanol–water partition coefficient (Wildman–Crippen LogP) is 3.38. The molecule has 0 spiro atoms. The van der Waals surface area contributed by atoms with Gasteiger partial charge in [0, 0.05) is 50.3 Å². The Labute approximate surface area is 185 Å². The molecule has 168 valence electrons. The number of hydrogen-bond acceptors (Lipinski definition) is 4. The van der Waals surface area contributed by atoms with Crippen molar-refractivity contribution in [2.75, 3.05) is 18.4 Å². The van der Waals surface area contributed by atoms with Gasteiger partial charge in [0.2, 0.25) is 11.8 Å².